The summed E-state index contributed by atoms with van der Waals surface area (Å²) in [6.45, 7) is 4.30. The number of hydrogen-bond donors (Lipinski definition) is 1. The van der Waals surface area contributed by atoms with Crippen LogP contribution in [0.15, 0.2) is 97.2 Å². The molecule has 0 rings (SSSR count). The number of esters is 2. The SMILES string of the molecule is CC/C=C\C/C=C\C/C=C\C/C=C\C/C=C\CCCCCCCCCC(=O)OC(COC(=O)CCCCCCCCCCCCCCCC/C=C\C/C=C\C/C=C\CCCCCCC)COP(=O)(O)OCC[N+](C)(C)C. The molecule has 0 spiro atoms. The van der Waals surface area contributed by atoms with E-state index in [-0.39, 0.29) is 32.0 Å². The van der Waals surface area contributed by atoms with Gasteiger partial charge in [-0.2, -0.15) is 0 Å². The van der Waals surface area contributed by atoms with Crippen LogP contribution in [-0.2, 0) is 32.7 Å². The van der Waals surface area contributed by atoms with E-state index < -0.39 is 26.5 Å². The summed E-state index contributed by atoms with van der Waals surface area (Å²) in [4.78, 5) is 35.8. The van der Waals surface area contributed by atoms with Crippen LogP contribution in [0.2, 0.25) is 0 Å². The number of hydrogen-bond acceptors (Lipinski definition) is 7. The number of rotatable bonds is 56. The second-order valence-corrected chi connectivity index (χ2v) is 23.2. The third-order valence-corrected chi connectivity index (χ3v) is 14.1. The van der Waals surface area contributed by atoms with Crippen LogP contribution in [0.25, 0.3) is 0 Å². The van der Waals surface area contributed by atoms with Crippen LogP contribution in [0, 0.1) is 0 Å². The van der Waals surface area contributed by atoms with Gasteiger partial charge in [-0.1, -0.05) is 246 Å². The Morgan fingerprint density at radius 2 is 0.750 bits per heavy atom. The summed E-state index contributed by atoms with van der Waals surface area (Å²) < 4.78 is 34.6. The van der Waals surface area contributed by atoms with Gasteiger partial charge in [0.1, 0.15) is 19.8 Å². The first kappa shape index (κ1) is 72.9. The third-order valence-electron chi connectivity index (χ3n) is 13.1. The lowest BCUT2D eigenvalue weighted by Gasteiger charge is -2.24. The summed E-state index contributed by atoms with van der Waals surface area (Å²) in [6, 6.07) is 0. The van der Waals surface area contributed by atoms with E-state index in [1.54, 1.807) is 0 Å². The van der Waals surface area contributed by atoms with E-state index in [2.05, 4.69) is 111 Å². The maximum atomic E-state index is 12.8. The van der Waals surface area contributed by atoms with Crippen molar-refractivity contribution in [1.29, 1.82) is 0 Å². The molecule has 0 aliphatic heterocycles. The van der Waals surface area contributed by atoms with Crippen molar-refractivity contribution in [1.82, 2.24) is 0 Å². The highest BCUT2D eigenvalue weighted by atomic mass is 31.2. The Kier molecular flexibility index (Phi) is 54.4. The monoisotopic (exact) mass is 1080 g/mol. The molecule has 10 heteroatoms. The molecule has 0 aliphatic carbocycles. The summed E-state index contributed by atoms with van der Waals surface area (Å²) in [7, 11) is 1.46. The third kappa shape index (κ3) is 60.2. The van der Waals surface area contributed by atoms with Crippen molar-refractivity contribution in [3.63, 3.8) is 0 Å². The first-order valence-corrected chi connectivity index (χ1v) is 32.5. The van der Waals surface area contributed by atoms with E-state index in [9.17, 15) is 19.0 Å². The van der Waals surface area contributed by atoms with Crippen LogP contribution in [0.3, 0.4) is 0 Å². The number of allylic oxidation sites excluding steroid dienone is 16. The number of carbonyl (C=O) groups is 2. The Labute approximate surface area is 468 Å². The molecular formula is C66H117NO8P+. The van der Waals surface area contributed by atoms with Gasteiger partial charge in [0, 0.05) is 12.8 Å². The molecule has 2 atom stereocenters. The second-order valence-electron chi connectivity index (χ2n) is 21.7. The lowest BCUT2D eigenvalue weighted by atomic mass is 10.0. The predicted molar refractivity (Wildman–Crippen MR) is 325 cm³/mol. The van der Waals surface area contributed by atoms with Crippen molar-refractivity contribution >= 4 is 19.8 Å². The molecule has 0 bridgehead atoms. The molecule has 0 fully saturated rings. The minimum atomic E-state index is -4.40. The molecule has 0 aromatic heterocycles. The molecule has 1 N–H and O–H groups in total. The van der Waals surface area contributed by atoms with Gasteiger partial charge >= 0.3 is 19.8 Å². The van der Waals surface area contributed by atoms with Gasteiger partial charge < -0.3 is 18.9 Å². The number of phosphoric ester groups is 1. The fourth-order valence-electron chi connectivity index (χ4n) is 8.34. The molecule has 0 aromatic carbocycles. The standard InChI is InChI=1S/C66H116NO8P/c1-6-8-10-12-14-16-18-20-22-24-26-28-30-31-32-33-34-35-37-38-40-42-44-46-48-50-52-54-56-58-65(68)72-62-64(63-74-76(70,71)73-61-60-67(3,4)5)75-66(69)59-57-55-53-51-49-47-45-43-41-39-36-29-27-25-23-21-19-17-15-13-11-9-7-2/h9,11,15,17-18,20-21,23-24,26-27,29-31,39,41,64H,6-8,10,12-14,16,19,22,25,28,32-38,40,42-63H2,1-5H3/p+1/b11-9-,17-15-,20-18-,23-21-,26-24-,29-27-,31-30-,41-39-. The fourth-order valence-corrected chi connectivity index (χ4v) is 9.09. The first-order chi connectivity index (χ1) is 37.0. The van der Waals surface area contributed by atoms with E-state index in [1.165, 1.54) is 135 Å². The van der Waals surface area contributed by atoms with Crippen molar-refractivity contribution in [3.8, 4) is 0 Å². The number of unbranched alkanes of at least 4 members (excludes halogenated alkanes) is 26. The maximum Gasteiger partial charge on any atom is 0.472 e. The van der Waals surface area contributed by atoms with Crippen LogP contribution in [-0.4, -0.2) is 74.9 Å². The van der Waals surface area contributed by atoms with E-state index >= 15 is 0 Å². The van der Waals surface area contributed by atoms with Crippen LogP contribution in [0.1, 0.15) is 258 Å². The van der Waals surface area contributed by atoms with Crippen molar-refractivity contribution in [2.45, 2.75) is 264 Å². The van der Waals surface area contributed by atoms with Gasteiger partial charge in [-0.3, -0.25) is 18.6 Å². The zero-order chi connectivity index (χ0) is 55.6. The number of phosphoric acid groups is 1. The molecular weight excluding hydrogens is 966 g/mol. The molecule has 0 amide bonds. The van der Waals surface area contributed by atoms with Crippen LogP contribution >= 0.6 is 7.82 Å². The number of ether oxygens (including phenoxy) is 2. The molecule has 438 valence electrons. The zero-order valence-corrected chi connectivity index (χ0v) is 50.6. The van der Waals surface area contributed by atoms with Gasteiger partial charge in [-0.15, -0.1) is 0 Å². The predicted octanol–water partition coefficient (Wildman–Crippen LogP) is 19.6. The van der Waals surface area contributed by atoms with E-state index in [0.29, 0.717) is 17.4 Å². The van der Waals surface area contributed by atoms with Crippen LogP contribution in [0.5, 0.6) is 0 Å². The Morgan fingerprint density at radius 1 is 0.421 bits per heavy atom. The second kappa shape index (κ2) is 56.6. The molecule has 9 nitrogen and oxygen atoms in total. The lowest BCUT2D eigenvalue weighted by Crippen LogP contribution is -2.37. The highest BCUT2D eigenvalue weighted by Crippen LogP contribution is 2.43. The van der Waals surface area contributed by atoms with Crippen molar-refractivity contribution in [3.05, 3.63) is 97.2 Å². The molecule has 0 aromatic rings. The summed E-state index contributed by atoms with van der Waals surface area (Å²) in [5.74, 6) is -0.811. The average Bonchev–Trinajstić information content (AvgIpc) is 3.38. The fraction of sp³-hybridized carbons (Fsp3) is 0.727. The Bertz CT molecular complexity index is 1600. The minimum Gasteiger partial charge on any atom is -0.462 e. The number of quaternary nitrogens is 1. The molecule has 0 aliphatic rings. The normalized spacial score (nSPS) is 13.9. The Balaban J connectivity index is 4.15. The summed E-state index contributed by atoms with van der Waals surface area (Å²) >= 11 is 0. The molecule has 76 heavy (non-hydrogen) atoms. The molecule has 0 heterocycles. The van der Waals surface area contributed by atoms with Gasteiger partial charge in [0.25, 0.3) is 0 Å². The van der Waals surface area contributed by atoms with Gasteiger partial charge in [0.15, 0.2) is 6.10 Å². The van der Waals surface area contributed by atoms with Crippen molar-refractivity contribution < 1.29 is 42.1 Å². The molecule has 0 saturated heterocycles. The quantitative estimate of drug-likeness (QED) is 0.0211. The maximum absolute atomic E-state index is 12.8. The van der Waals surface area contributed by atoms with Crippen LogP contribution < -0.4 is 0 Å². The summed E-state index contributed by atoms with van der Waals surface area (Å²) in [5.41, 5.74) is 0. The molecule has 0 radical (unpaired) electrons. The Hall–Kier alpha value is -3.07. The number of nitrogens with zero attached hydrogens (tertiary/aromatic N) is 1. The average molecular weight is 1080 g/mol. The van der Waals surface area contributed by atoms with Crippen molar-refractivity contribution in [2.75, 3.05) is 47.5 Å². The van der Waals surface area contributed by atoms with Crippen LogP contribution in [0.4, 0.5) is 0 Å². The van der Waals surface area contributed by atoms with Gasteiger partial charge in [-0.25, -0.2) is 4.57 Å². The topological polar surface area (TPSA) is 108 Å². The summed E-state index contributed by atoms with van der Waals surface area (Å²) in [5, 5.41) is 0. The lowest BCUT2D eigenvalue weighted by molar-refractivity contribution is -0.870. The van der Waals surface area contributed by atoms with Gasteiger partial charge in [-0.05, 0) is 96.3 Å². The largest absolute Gasteiger partial charge is 0.472 e. The van der Waals surface area contributed by atoms with Gasteiger partial charge in [0.2, 0.25) is 0 Å². The van der Waals surface area contributed by atoms with E-state index in [1.807, 2.05) is 21.1 Å². The number of likely N-dealkylation sites (N-methyl/N-ethyl adjacent to an activating group) is 1. The minimum absolute atomic E-state index is 0.0250. The van der Waals surface area contributed by atoms with E-state index in [4.69, 9.17) is 18.5 Å². The highest BCUT2D eigenvalue weighted by molar-refractivity contribution is 7.47. The van der Waals surface area contributed by atoms with E-state index in [0.717, 1.165) is 89.9 Å². The highest BCUT2D eigenvalue weighted by Gasteiger charge is 2.27. The summed E-state index contributed by atoms with van der Waals surface area (Å²) in [6.07, 6.45) is 77.6. The number of carbonyl (C=O) groups excluding carboxylic acids is 2. The van der Waals surface area contributed by atoms with Gasteiger partial charge in [0.05, 0.1) is 27.7 Å². The zero-order valence-electron chi connectivity index (χ0n) is 49.7. The molecule has 0 saturated carbocycles. The first-order valence-electron chi connectivity index (χ1n) is 31.0. The van der Waals surface area contributed by atoms with Crippen molar-refractivity contribution in [2.24, 2.45) is 0 Å². The molecule has 2 unspecified atom stereocenters. The smallest absolute Gasteiger partial charge is 0.462 e. The Morgan fingerprint density at radius 3 is 1.12 bits per heavy atom.